The fraction of sp³-hybridized carbons (Fsp3) is 0.174. The Hall–Kier alpha value is -2.54. The lowest BCUT2D eigenvalue weighted by Crippen LogP contribution is -2.02. The molecule has 0 saturated carbocycles. The maximum atomic E-state index is 5.50. The lowest BCUT2D eigenvalue weighted by Gasteiger charge is -2.20. The summed E-state index contributed by atoms with van der Waals surface area (Å²) in [5.74, 6) is 1.27. The highest BCUT2D eigenvalue weighted by Crippen LogP contribution is 2.35. The van der Waals surface area contributed by atoms with Gasteiger partial charge in [-0.15, -0.1) is 0 Å². The van der Waals surface area contributed by atoms with Crippen molar-refractivity contribution >= 4 is 0 Å². The summed E-state index contributed by atoms with van der Waals surface area (Å²) in [6.45, 7) is 4.41. The van der Waals surface area contributed by atoms with Crippen molar-refractivity contribution in [2.24, 2.45) is 0 Å². The Bertz CT molecular complexity index is 778. The molecule has 0 amide bonds. The Balaban J connectivity index is 2.00. The number of rotatable bonds is 5. The summed E-state index contributed by atoms with van der Waals surface area (Å²) in [6, 6.07) is 27.3. The molecule has 0 spiro atoms. The summed E-state index contributed by atoms with van der Waals surface area (Å²) >= 11 is 0. The average Bonchev–Trinajstić information content (AvgIpc) is 2.67. The molecule has 3 aromatic rings. The molecular formula is C23H22O. The first kappa shape index (κ1) is 16.3. The second kappa shape index (κ2) is 7.35. The van der Waals surface area contributed by atoms with Gasteiger partial charge in [-0.1, -0.05) is 86.6 Å². The van der Waals surface area contributed by atoms with Gasteiger partial charge in [0.1, 0.15) is 5.75 Å². The summed E-state index contributed by atoms with van der Waals surface area (Å²) in [7, 11) is 5.50. The maximum Gasteiger partial charge on any atom is 0.180 e. The monoisotopic (exact) mass is 314 g/mol. The highest BCUT2D eigenvalue weighted by atomic mass is 16.5. The smallest absolute Gasteiger partial charge is 0.180 e. The van der Waals surface area contributed by atoms with E-state index in [1.807, 2.05) is 18.2 Å². The van der Waals surface area contributed by atoms with Crippen LogP contribution in [0, 0.1) is 7.11 Å². The number of hydrogen-bond acceptors (Lipinski definition) is 1. The third kappa shape index (κ3) is 3.35. The van der Waals surface area contributed by atoms with Crippen molar-refractivity contribution in [3.63, 3.8) is 0 Å². The Labute approximate surface area is 144 Å². The Kier molecular flexibility index (Phi) is 5.00. The van der Waals surface area contributed by atoms with Gasteiger partial charge in [-0.3, -0.25) is 0 Å². The summed E-state index contributed by atoms with van der Waals surface area (Å²) < 4.78 is 5.13. The molecule has 2 radical (unpaired) electrons. The van der Waals surface area contributed by atoms with E-state index in [1.165, 1.54) is 16.7 Å². The zero-order chi connectivity index (χ0) is 16.9. The molecule has 1 nitrogen and oxygen atoms in total. The van der Waals surface area contributed by atoms with Gasteiger partial charge >= 0.3 is 0 Å². The standard InChI is InChI=1S/C23H22O/c1-17(19-10-6-4-7-11-19)21-14-15-23(24-3)22(16-21)18(2)20-12-8-5-9-13-20/h3-18H,1-2H3. The summed E-state index contributed by atoms with van der Waals surface area (Å²) in [5.41, 5.74) is 4.93. The van der Waals surface area contributed by atoms with Crippen molar-refractivity contribution in [2.45, 2.75) is 25.7 Å². The maximum absolute atomic E-state index is 5.50. The summed E-state index contributed by atoms with van der Waals surface area (Å²) in [6.07, 6.45) is 0. The zero-order valence-corrected chi connectivity index (χ0v) is 14.1. The van der Waals surface area contributed by atoms with E-state index in [1.54, 1.807) is 0 Å². The Morgan fingerprint density at radius 1 is 0.667 bits per heavy atom. The lowest BCUT2D eigenvalue weighted by molar-refractivity contribution is 0.464. The highest BCUT2D eigenvalue weighted by Gasteiger charge is 2.17. The van der Waals surface area contributed by atoms with Crippen molar-refractivity contribution in [2.75, 3.05) is 0 Å². The predicted octanol–water partition coefficient (Wildman–Crippen LogP) is 6.04. The number of benzene rings is 3. The molecule has 3 rings (SSSR count). The van der Waals surface area contributed by atoms with Crippen LogP contribution >= 0.6 is 0 Å². The minimum Gasteiger partial charge on any atom is -0.482 e. The second-order valence-electron chi connectivity index (χ2n) is 6.18. The Morgan fingerprint density at radius 3 is 1.75 bits per heavy atom. The van der Waals surface area contributed by atoms with Gasteiger partial charge in [0.05, 0.1) is 0 Å². The van der Waals surface area contributed by atoms with E-state index in [4.69, 9.17) is 11.8 Å². The lowest BCUT2D eigenvalue weighted by atomic mass is 9.87. The van der Waals surface area contributed by atoms with Crippen LogP contribution in [-0.2, 0) is 0 Å². The minimum atomic E-state index is 0.215. The van der Waals surface area contributed by atoms with Gasteiger partial charge < -0.3 is 4.74 Å². The third-order valence-electron chi connectivity index (χ3n) is 4.73. The average molecular weight is 314 g/mol. The molecule has 0 fully saturated rings. The first-order chi connectivity index (χ1) is 11.7. The molecule has 0 heterocycles. The minimum absolute atomic E-state index is 0.215. The molecule has 0 aliphatic carbocycles. The van der Waals surface area contributed by atoms with E-state index in [0.717, 1.165) is 11.3 Å². The van der Waals surface area contributed by atoms with Crippen LogP contribution in [0.5, 0.6) is 5.75 Å². The molecule has 0 N–H and O–H groups in total. The van der Waals surface area contributed by atoms with Crippen molar-refractivity contribution < 1.29 is 4.74 Å². The molecular weight excluding hydrogens is 292 g/mol. The molecule has 0 bridgehead atoms. The predicted molar refractivity (Wildman–Crippen MR) is 99.3 cm³/mol. The quantitative estimate of drug-likeness (QED) is 0.558. The molecule has 0 aromatic heterocycles. The summed E-state index contributed by atoms with van der Waals surface area (Å²) in [4.78, 5) is 0. The molecule has 24 heavy (non-hydrogen) atoms. The molecule has 0 saturated heterocycles. The van der Waals surface area contributed by atoms with Crippen molar-refractivity contribution in [3.8, 4) is 5.75 Å². The van der Waals surface area contributed by atoms with Crippen molar-refractivity contribution in [1.82, 2.24) is 0 Å². The van der Waals surface area contributed by atoms with Crippen LogP contribution in [0.1, 0.15) is 47.9 Å². The molecule has 120 valence electrons. The van der Waals surface area contributed by atoms with Crippen LogP contribution in [0.2, 0.25) is 0 Å². The molecule has 2 unspecified atom stereocenters. The van der Waals surface area contributed by atoms with Gasteiger partial charge in [0.25, 0.3) is 0 Å². The second-order valence-corrected chi connectivity index (χ2v) is 6.18. The largest absolute Gasteiger partial charge is 0.482 e. The van der Waals surface area contributed by atoms with Gasteiger partial charge in [-0.25, -0.2) is 0 Å². The van der Waals surface area contributed by atoms with E-state index in [2.05, 4.69) is 74.5 Å². The van der Waals surface area contributed by atoms with E-state index >= 15 is 0 Å². The summed E-state index contributed by atoms with van der Waals surface area (Å²) in [5, 5.41) is 0. The van der Waals surface area contributed by atoms with Gasteiger partial charge in [-0.05, 0) is 22.8 Å². The molecule has 1 heteroatoms. The van der Waals surface area contributed by atoms with Crippen LogP contribution in [0.4, 0.5) is 0 Å². The zero-order valence-electron chi connectivity index (χ0n) is 14.1. The Morgan fingerprint density at radius 2 is 1.21 bits per heavy atom. The van der Waals surface area contributed by atoms with Crippen LogP contribution in [0.25, 0.3) is 0 Å². The fourth-order valence-corrected chi connectivity index (χ4v) is 3.14. The normalized spacial score (nSPS) is 13.3. The first-order valence-electron chi connectivity index (χ1n) is 8.31. The van der Waals surface area contributed by atoms with E-state index < -0.39 is 0 Å². The molecule has 2 atom stereocenters. The number of ether oxygens (including phenoxy) is 1. The molecule has 0 aliphatic rings. The number of hydrogen-bond donors (Lipinski definition) is 0. The van der Waals surface area contributed by atoms with Gasteiger partial charge in [0.2, 0.25) is 0 Å². The molecule has 3 aromatic carbocycles. The van der Waals surface area contributed by atoms with Gasteiger partial charge in [-0.2, -0.15) is 0 Å². The first-order valence-corrected chi connectivity index (χ1v) is 8.31. The van der Waals surface area contributed by atoms with Gasteiger partial charge in [0, 0.05) is 17.4 Å². The van der Waals surface area contributed by atoms with Crippen LogP contribution in [0.15, 0.2) is 78.9 Å². The van der Waals surface area contributed by atoms with Crippen molar-refractivity contribution in [3.05, 3.63) is 108 Å². The van der Waals surface area contributed by atoms with Crippen LogP contribution < -0.4 is 4.74 Å². The fourth-order valence-electron chi connectivity index (χ4n) is 3.14. The molecule has 0 aliphatic heterocycles. The topological polar surface area (TPSA) is 9.23 Å². The van der Waals surface area contributed by atoms with Crippen LogP contribution in [-0.4, -0.2) is 0 Å². The third-order valence-corrected chi connectivity index (χ3v) is 4.73. The van der Waals surface area contributed by atoms with E-state index in [-0.39, 0.29) is 5.92 Å². The van der Waals surface area contributed by atoms with E-state index in [9.17, 15) is 0 Å². The highest BCUT2D eigenvalue weighted by molar-refractivity contribution is 5.46. The SMILES string of the molecule is [CH]Oc1ccc(C(C)c2ccccc2)cc1C(C)c1ccccc1. The van der Waals surface area contributed by atoms with Crippen molar-refractivity contribution in [1.29, 1.82) is 0 Å². The van der Waals surface area contributed by atoms with Crippen LogP contribution in [0.3, 0.4) is 0 Å². The van der Waals surface area contributed by atoms with E-state index in [0.29, 0.717) is 5.92 Å². The van der Waals surface area contributed by atoms with Gasteiger partial charge in [0.15, 0.2) is 7.11 Å².